The lowest BCUT2D eigenvalue weighted by molar-refractivity contribution is 0.302. The van der Waals surface area contributed by atoms with Crippen molar-refractivity contribution in [1.82, 2.24) is 0 Å². The van der Waals surface area contributed by atoms with Crippen molar-refractivity contribution in [2.75, 3.05) is 32.1 Å². The van der Waals surface area contributed by atoms with Gasteiger partial charge in [-0.2, -0.15) is 0 Å². The topological polar surface area (TPSA) is 38.5 Å². The van der Waals surface area contributed by atoms with Crippen LogP contribution in [0.1, 0.15) is 24.3 Å². The summed E-state index contributed by atoms with van der Waals surface area (Å²) < 4.78 is 18.8. The highest BCUT2D eigenvalue weighted by Crippen LogP contribution is 2.22. The first-order valence-electron chi connectivity index (χ1n) is 7.96. The third-order valence-electron chi connectivity index (χ3n) is 3.93. The lowest BCUT2D eigenvalue weighted by Crippen LogP contribution is -2.14. The minimum atomic E-state index is -0.214. The Labute approximate surface area is 137 Å². The second-order valence-corrected chi connectivity index (χ2v) is 5.87. The Morgan fingerprint density at radius 2 is 1.87 bits per heavy atom. The van der Waals surface area contributed by atoms with E-state index >= 15 is 0 Å². The van der Waals surface area contributed by atoms with Crippen LogP contribution in [0, 0.1) is 5.82 Å². The molecule has 2 aromatic carbocycles. The first-order valence-corrected chi connectivity index (χ1v) is 7.96. The summed E-state index contributed by atoms with van der Waals surface area (Å²) in [5, 5.41) is 0. The number of benzene rings is 2. The van der Waals surface area contributed by atoms with E-state index in [0.717, 1.165) is 29.8 Å². The van der Waals surface area contributed by atoms with E-state index in [0.29, 0.717) is 13.2 Å². The molecule has 0 fully saturated rings. The molecule has 4 heteroatoms. The molecule has 0 aromatic heterocycles. The van der Waals surface area contributed by atoms with Gasteiger partial charge in [0.2, 0.25) is 0 Å². The van der Waals surface area contributed by atoms with Crippen molar-refractivity contribution in [3.05, 3.63) is 59.9 Å². The first kappa shape index (κ1) is 17.3. The monoisotopic (exact) mass is 316 g/mol. The molecule has 0 aliphatic rings. The van der Waals surface area contributed by atoms with Gasteiger partial charge in [0.25, 0.3) is 0 Å². The molecule has 1 unspecified atom stereocenters. The highest BCUT2D eigenvalue weighted by atomic mass is 19.1. The largest absolute Gasteiger partial charge is 0.494 e. The Kier molecular flexibility index (Phi) is 6.41. The Hall–Kier alpha value is -2.07. The van der Waals surface area contributed by atoms with Crippen LogP contribution in [0.15, 0.2) is 48.5 Å². The van der Waals surface area contributed by atoms with Crippen LogP contribution in [0.2, 0.25) is 0 Å². The van der Waals surface area contributed by atoms with Gasteiger partial charge in [-0.05, 0) is 55.1 Å². The molecule has 0 heterocycles. The van der Waals surface area contributed by atoms with Gasteiger partial charge in [-0.15, -0.1) is 0 Å². The fourth-order valence-corrected chi connectivity index (χ4v) is 2.53. The van der Waals surface area contributed by atoms with Gasteiger partial charge in [-0.3, -0.25) is 0 Å². The number of nitrogens with two attached hydrogens (primary N) is 1. The number of halogens is 1. The molecular weight excluding hydrogens is 291 g/mol. The normalized spacial score (nSPS) is 12.0. The van der Waals surface area contributed by atoms with Crippen molar-refractivity contribution in [3.8, 4) is 5.75 Å². The Morgan fingerprint density at radius 3 is 2.52 bits per heavy atom. The van der Waals surface area contributed by atoms with Crippen molar-refractivity contribution in [1.29, 1.82) is 0 Å². The summed E-state index contributed by atoms with van der Waals surface area (Å²) in [5.74, 6) is 0.906. The fraction of sp³-hybridized carbons (Fsp3) is 0.368. The molecule has 0 saturated heterocycles. The Bertz CT molecular complexity index is 599. The summed E-state index contributed by atoms with van der Waals surface area (Å²) in [6.45, 7) is 1.20. The minimum Gasteiger partial charge on any atom is -0.494 e. The van der Waals surface area contributed by atoms with E-state index in [-0.39, 0.29) is 11.7 Å². The molecule has 2 N–H and O–H groups in total. The minimum absolute atomic E-state index is 0.214. The predicted octanol–water partition coefficient (Wildman–Crippen LogP) is 3.79. The fourth-order valence-electron chi connectivity index (χ4n) is 2.53. The molecule has 1 atom stereocenters. The Morgan fingerprint density at radius 1 is 1.13 bits per heavy atom. The average Bonchev–Trinajstić information content (AvgIpc) is 2.56. The van der Waals surface area contributed by atoms with Crippen molar-refractivity contribution < 1.29 is 9.13 Å². The highest BCUT2D eigenvalue weighted by Gasteiger charge is 2.09. The van der Waals surface area contributed by atoms with Crippen molar-refractivity contribution >= 4 is 5.69 Å². The van der Waals surface area contributed by atoms with Gasteiger partial charge in [0, 0.05) is 25.8 Å². The number of hydrogen-bond acceptors (Lipinski definition) is 3. The van der Waals surface area contributed by atoms with Gasteiger partial charge in [0.15, 0.2) is 0 Å². The van der Waals surface area contributed by atoms with Gasteiger partial charge >= 0.3 is 0 Å². The van der Waals surface area contributed by atoms with Crippen LogP contribution < -0.4 is 15.4 Å². The lowest BCUT2D eigenvalue weighted by Gasteiger charge is -2.16. The van der Waals surface area contributed by atoms with Gasteiger partial charge in [0.05, 0.1) is 6.61 Å². The third-order valence-corrected chi connectivity index (χ3v) is 3.93. The van der Waals surface area contributed by atoms with Crippen LogP contribution in [0.3, 0.4) is 0 Å². The van der Waals surface area contributed by atoms with Crippen molar-refractivity contribution in [2.45, 2.75) is 18.8 Å². The summed E-state index contributed by atoms with van der Waals surface area (Å²) in [6, 6.07) is 14.6. The molecule has 3 nitrogen and oxygen atoms in total. The molecule has 2 aromatic rings. The van der Waals surface area contributed by atoms with Crippen LogP contribution in [0.4, 0.5) is 10.1 Å². The number of nitrogens with zero attached hydrogens (tertiary/aromatic N) is 1. The molecule has 0 amide bonds. The van der Waals surface area contributed by atoms with Gasteiger partial charge in [-0.1, -0.05) is 18.2 Å². The van der Waals surface area contributed by atoms with Gasteiger partial charge < -0.3 is 15.4 Å². The molecule has 2 rings (SSSR count). The maximum absolute atomic E-state index is 13.0. The predicted molar refractivity (Wildman–Crippen MR) is 93.7 cm³/mol. The Balaban J connectivity index is 1.82. The van der Waals surface area contributed by atoms with Crippen LogP contribution in [0.25, 0.3) is 0 Å². The van der Waals surface area contributed by atoms with Crippen molar-refractivity contribution in [2.24, 2.45) is 5.73 Å². The van der Waals surface area contributed by atoms with E-state index < -0.39 is 0 Å². The van der Waals surface area contributed by atoms with Crippen LogP contribution in [-0.2, 0) is 0 Å². The maximum Gasteiger partial charge on any atom is 0.123 e. The maximum atomic E-state index is 13.0. The van der Waals surface area contributed by atoms with E-state index in [4.69, 9.17) is 10.5 Å². The van der Waals surface area contributed by atoms with Crippen LogP contribution in [-0.4, -0.2) is 27.2 Å². The number of rotatable bonds is 8. The number of anilines is 1. The molecular formula is C19H25FN2O. The average molecular weight is 316 g/mol. The van der Waals surface area contributed by atoms with Crippen LogP contribution >= 0.6 is 0 Å². The summed E-state index contributed by atoms with van der Waals surface area (Å²) >= 11 is 0. The quantitative estimate of drug-likeness (QED) is 0.753. The first-order chi connectivity index (χ1) is 11.1. The summed E-state index contributed by atoms with van der Waals surface area (Å²) in [7, 11) is 4.02. The second-order valence-electron chi connectivity index (χ2n) is 5.87. The van der Waals surface area contributed by atoms with E-state index in [1.165, 1.54) is 12.1 Å². The molecule has 23 heavy (non-hydrogen) atoms. The van der Waals surface area contributed by atoms with Gasteiger partial charge in [-0.25, -0.2) is 4.39 Å². The smallest absolute Gasteiger partial charge is 0.123 e. The number of ether oxygens (including phenoxy) is 1. The van der Waals surface area contributed by atoms with E-state index in [1.54, 1.807) is 0 Å². The highest BCUT2D eigenvalue weighted by molar-refractivity contribution is 5.49. The molecule has 0 saturated carbocycles. The summed E-state index contributed by atoms with van der Waals surface area (Å²) in [4.78, 5) is 2.05. The SMILES string of the molecule is CN(C)c1cccc(OCCCC(CN)c2ccc(F)cc2)c1. The zero-order chi connectivity index (χ0) is 16.7. The summed E-state index contributed by atoms with van der Waals surface area (Å²) in [5.41, 5.74) is 8.05. The van der Waals surface area contributed by atoms with E-state index in [2.05, 4.69) is 0 Å². The molecule has 0 aliphatic carbocycles. The molecule has 0 aliphatic heterocycles. The molecule has 124 valence electrons. The second kappa shape index (κ2) is 8.53. The summed E-state index contributed by atoms with van der Waals surface area (Å²) in [6.07, 6.45) is 1.83. The molecule has 0 spiro atoms. The molecule has 0 radical (unpaired) electrons. The number of hydrogen-bond donors (Lipinski definition) is 1. The third kappa shape index (κ3) is 5.25. The van der Waals surface area contributed by atoms with Crippen molar-refractivity contribution in [3.63, 3.8) is 0 Å². The van der Waals surface area contributed by atoms with E-state index in [1.807, 2.05) is 55.4 Å². The van der Waals surface area contributed by atoms with Gasteiger partial charge in [0.1, 0.15) is 11.6 Å². The lowest BCUT2D eigenvalue weighted by atomic mass is 9.94. The van der Waals surface area contributed by atoms with Crippen LogP contribution in [0.5, 0.6) is 5.75 Å². The molecule has 0 bridgehead atoms. The standard InChI is InChI=1S/C19H25FN2O/c1-22(2)18-6-3-7-19(13-18)23-12-4-5-16(14-21)15-8-10-17(20)11-9-15/h3,6-11,13,16H,4-5,12,14,21H2,1-2H3. The zero-order valence-corrected chi connectivity index (χ0v) is 13.8. The zero-order valence-electron chi connectivity index (χ0n) is 13.8. The van der Waals surface area contributed by atoms with E-state index in [9.17, 15) is 4.39 Å².